The first kappa shape index (κ1) is 18.3. The van der Waals surface area contributed by atoms with Crippen LogP contribution in [0, 0.1) is 5.92 Å². The molecule has 1 saturated heterocycles. The fraction of sp³-hybridized carbons (Fsp3) is 0.542. The van der Waals surface area contributed by atoms with E-state index in [1.165, 1.54) is 11.1 Å². The van der Waals surface area contributed by atoms with Gasteiger partial charge >= 0.3 is 0 Å². The van der Waals surface area contributed by atoms with Gasteiger partial charge in [0.2, 0.25) is 10.0 Å². The van der Waals surface area contributed by atoms with Crippen molar-refractivity contribution >= 4 is 10.0 Å². The molecule has 1 aliphatic carbocycles. The molecule has 2 aliphatic heterocycles. The van der Waals surface area contributed by atoms with Crippen LogP contribution in [0.4, 0.5) is 0 Å². The zero-order valence-electron chi connectivity index (χ0n) is 21.1. The normalized spacial score (nSPS) is 22.2. The van der Waals surface area contributed by atoms with E-state index < -0.39 is 22.6 Å². The summed E-state index contributed by atoms with van der Waals surface area (Å²) >= 11 is 0. The van der Waals surface area contributed by atoms with Crippen LogP contribution >= 0.6 is 0 Å². The molecule has 0 N–H and O–H groups in total. The SMILES string of the molecule is [2H]C([2H])([2H])n1c(CN2Cc3ccccc3C2)ccc(OCC2CCN(S(=O)(=O)C3CC3)CC2)c1=O. The van der Waals surface area contributed by atoms with Crippen molar-refractivity contribution in [3.63, 3.8) is 0 Å². The Labute approximate surface area is 193 Å². The Kier molecular flexibility index (Phi) is 4.94. The number of benzene rings is 1. The average Bonchev–Trinajstić information content (AvgIpc) is 3.59. The molecule has 8 heteroatoms. The van der Waals surface area contributed by atoms with Crippen molar-refractivity contribution in [3.05, 3.63) is 63.6 Å². The lowest BCUT2D eigenvalue weighted by Gasteiger charge is -2.31. The molecule has 0 atom stereocenters. The second kappa shape index (κ2) is 8.65. The average molecular weight is 461 g/mol. The lowest BCUT2D eigenvalue weighted by atomic mass is 9.99. The number of fused-ring (bicyclic) bond motifs is 1. The molecule has 0 unspecified atom stereocenters. The topological polar surface area (TPSA) is 71.8 Å². The Bertz CT molecular complexity index is 1220. The highest BCUT2D eigenvalue weighted by atomic mass is 32.2. The summed E-state index contributed by atoms with van der Waals surface area (Å²) in [6, 6.07) is 11.3. The van der Waals surface area contributed by atoms with Crippen molar-refractivity contribution in [1.82, 2.24) is 13.8 Å². The predicted octanol–water partition coefficient (Wildman–Crippen LogP) is 2.48. The molecule has 1 aromatic carbocycles. The van der Waals surface area contributed by atoms with Gasteiger partial charge in [-0.25, -0.2) is 12.7 Å². The first-order valence-electron chi connectivity index (χ1n) is 12.8. The summed E-state index contributed by atoms with van der Waals surface area (Å²) in [4.78, 5) is 15.3. The van der Waals surface area contributed by atoms with Gasteiger partial charge in [-0.15, -0.1) is 0 Å². The third kappa shape index (κ3) is 4.36. The van der Waals surface area contributed by atoms with E-state index in [4.69, 9.17) is 8.85 Å². The van der Waals surface area contributed by atoms with Gasteiger partial charge in [-0.3, -0.25) is 9.69 Å². The quantitative estimate of drug-likeness (QED) is 0.635. The largest absolute Gasteiger partial charge is 0.488 e. The van der Waals surface area contributed by atoms with Gasteiger partial charge in [0.1, 0.15) is 0 Å². The molecule has 0 bridgehead atoms. The van der Waals surface area contributed by atoms with E-state index in [1.807, 2.05) is 12.1 Å². The van der Waals surface area contributed by atoms with Gasteiger partial charge in [0.25, 0.3) is 5.56 Å². The molecular formula is C24H31N3O4S. The smallest absolute Gasteiger partial charge is 0.292 e. The molecule has 1 aromatic heterocycles. The molecule has 0 spiro atoms. The number of hydrogen-bond donors (Lipinski definition) is 0. The van der Waals surface area contributed by atoms with Crippen LogP contribution in [0.15, 0.2) is 41.2 Å². The van der Waals surface area contributed by atoms with Crippen LogP contribution in [0.1, 0.15) is 46.6 Å². The van der Waals surface area contributed by atoms with E-state index in [9.17, 15) is 13.2 Å². The Morgan fingerprint density at radius 1 is 1.03 bits per heavy atom. The maximum atomic E-state index is 13.1. The van der Waals surface area contributed by atoms with Crippen LogP contribution < -0.4 is 10.3 Å². The molecule has 2 aromatic rings. The molecule has 5 rings (SSSR count). The van der Waals surface area contributed by atoms with E-state index in [1.54, 1.807) is 16.4 Å². The van der Waals surface area contributed by atoms with Crippen LogP contribution in [0.25, 0.3) is 0 Å². The molecule has 3 heterocycles. The van der Waals surface area contributed by atoms with Gasteiger partial charge < -0.3 is 9.30 Å². The van der Waals surface area contributed by atoms with Crippen LogP contribution in [-0.2, 0) is 36.6 Å². The summed E-state index contributed by atoms with van der Waals surface area (Å²) in [5.74, 6) is 0.131. The molecule has 0 amide bonds. The zero-order chi connectivity index (χ0) is 24.8. The number of sulfonamides is 1. The maximum absolute atomic E-state index is 13.1. The van der Waals surface area contributed by atoms with Crippen LogP contribution in [0.2, 0.25) is 0 Å². The monoisotopic (exact) mass is 460 g/mol. The number of ether oxygens (including phenoxy) is 1. The third-order valence-electron chi connectivity index (χ3n) is 6.77. The highest BCUT2D eigenvalue weighted by Crippen LogP contribution is 2.33. The van der Waals surface area contributed by atoms with E-state index in [2.05, 4.69) is 17.0 Å². The van der Waals surface area contributed by atoms with Crippen molar-refractivity contribution in [2.45, 2.75) is 50.6 Å². The van der Waals surface area contributed by atoms with Crippen molar-refractivity contribution < 1.29 is 17.3 Å². The number of hydrogen-bond acceptors (Lipinski definition) is 5. The molecule has 1 saturated carbocycles. The Hall–Kier alpha value is -2.16. The Morgan fingerprint density at radius 3 is 2.34 bits per heavy atom. The molecular weight excluding hydrogens is 426 g/mol. The lowest BCUT2D eigenvalue weighted by molar-refractivity contribution is 0.183. The number of rotatable bonds is 7. The first-order valence-corrected chi connectivity index (χ1v) is 12.8. The highest BCUT2D eigenvalue weighted by molar-refractivity contribution is 7.90. The summed E-state index contributed by atoms with van der Waals surface area (Å²) < 4.78 is 57.0. The highest BCUT2D eigenvalue weighted by Gasteiger charge is 2.41. The molecule has 2 fully saturated rings. The van der Waals surface area contributed by atoms with Gasteiger partial charge in [-0.1, -0.05) is 24.3 Å². The van der Waals surface area contributed by atoms with E-state index >= 15 is 0 Å². The number of pyridine rings is 1. The zero-order valence-corrected chi connectivity index (χ0v) is 18.9. The van der Waals surface area contributed by atoms with Crippen molar-refractivity contribution in [1.29, 1.82) is 0 Å². The number of nitrogens with zero attached hydrogens (tertiary/aromatic N) is 3. The fourth-order valence-electron chi connectivity index (χ4n) is 4.65. The fourth-order valence-corrected chi connectivity index (χ4v) is 6.52. The molecule has 32 heavy (non-hydrogen) atoms. The van der Waals surface area contributed by atoms with Crippen LogP contribution in [0.5, 0.6) is 5.75 Å². The number of aromatic nitrogens is 1. The van der Waals surface area contributed by atoms with Gasteiger partial charge in [-0.05, 0) is 54.9 Å². The molecule has 172 valence electrons. The predicted molar refractivity (Wildman–Crippen MR) is 123 cm³/mol. The summed E-state index contributed by atoms with van der Waals surface area (Å²) in [6.45, 7) is 0.316. The van der Waals surface area contributed by atoms with E-state index in [0.29, 0.717) is 51.3 Å². The molecule has 0 radical (unpaired) electrons. The van der Waals surface area contributed by atoms with Crippen molar-refractivity contribution in [3.8, 4) is 5.75 Å². The van der Waals surface area contributed by atoms with Crippen LogP contribution in [-0.4, -0.2) is 47.1 Å². The first-order chi connectivity index (χ1) is 16.6. The summed E-state index contributed by atoms with van der Waals surface area (Å²) in [6.07, 6.45) is 2.82. The third-order valence-corrected chi connectivity index (χ3v) is 9.17. The standard InChI is InChI=1S/C24H31N3O4S/c1-25-21(16-26-14-19-4-2-3-5-20(19)15-26)6-9-23(24(25)28)31-17-18-10-12-27(13-11-18)32(29,30)22-7-8-22/h2-6,9,18,22H,7-8,10-17H2,1H3/i1D3. The molecule has 7 nitrogen and oxygen atoms in total. The maximum Gasteiger partial charge on any atom is 0.292 e. The Balaban J connectivity index is 1.24. The van der Waals surface area contributed by atoms with E-state index in [0.717, 1.165) is 17.4 Å². The van der Waals surface area contributed by atoms with Gasteiger partial charge in [0, 0.05) is 49.5 Å². The van der Waals surface area contributed by atoms with Crippen molar-refractivity contribution in [2.75, 3.05) is 19.7 Å². The lowest BCUT2D eigenvalue weighted by Crippen LogP contribution is -2.41. The second-order valence-electron chi connectivity index (χ2n) is 9.14. The van der Waals surface area contributed by atoms with Gasteiger partial charge in [0.05, 0.1) is 11.9 Å². The minimum Gasteiger partial charge on any atom is -0.488 e. The Morgan fingerprint density at radius 2 is 1.72 bits per heavy atom. The minimum absolute atomic E-state index is 0.0163. The van der Waals surface area contributed by atoms with Crippen molar-refractivity contribution in [2.24, 2.45) is 12.9 Å². The number of piperidine rings is 1. The second-order valence-corrected chi connectivity index (χ2v) is 11.4. The van der Waals surface area contributed by atoms with Gasteiger partial charge in [-0.2, -0.15) is 0 Å². The summed E-state index contributed by atoms with van der Waals surface area (Å²) in [5.41, 5.74) is 2.19. The van der Waals surface area contributed by atoms with E-state index in [-0.39, 0.29) is 23.5 Å². The summed E-state index contributed by atoms with van der Waals surface area (Å²) in [7, 11) is -3.17. The van der Waals surface area contributed by atoms with Gasteiger partial charge in [0.15, 0.2) is 5.75 Å². The summed E-state index contributed by atoms with van der Waals surface area (Å²) in [5, 5.41) is -0.207. The van der Waals surface area contributed by atoms with Crippen LogP contribution in [0.3, 0.4) is 0 Å². The minimum atomic E-state index is -3.17. The molecule has 3 aliphatic rings.